The molecule has 1 aliphatic carbocycles. The average Bonchev–Trinajstić information content (AvgIpc) is 3.47. The maximum atomic E-state index is 13.6. The van der Waals surface area contributed by atoms with Crippen molar-refractivity contribution in [1.29, 1.82) is 0 Å². The molecule has 29 heavy (non-hydrogen) atoms. The minimum absolute atomic E-state index is 0.0614. The van der Waals surface area contributed by atoms with Gasteiger partial charge in [0.15, 0.2) is 11.4 Å². The minimum atomic E-state index is -2.64. The van der Waals surface area contributed by atoms with Crippen LogP contribution in [0.1, 0.15) is 59.4 Å². The number of carbonyl (C=O) groups excluding carboxylic acids is 2. The predicted molar refractivity (Wildman–Crippen MR) is 104 cm³/mol. The Morgan fingerprint density at radius 1 is 1.24 bits per heavy atom. The first kappa shape index (κ1) is 19.2. The summed E-state index contributed by atoms with van der Waals surface area (Å²) in [5.41, 5.74) is 2.37. The highest BCUT2D eigenvalue weighted by Gasteiger charge is 2.29. The number of halogens is 2. The summed E-state index contributed by atoms with van der Waals surface area (Å²) >= 11 is 0. The van der Waals surface area contributed by atoms with Crippen molar-refractivity contribution in [2.45, 2.75) is 45.6 Å². The van der Waals surface area contributed by atoms with Crippen LogP contribution < -0.4 is 5.32 Å². The molecule has 1 N–H and O–H groups in total. The van der Waals surface area contributed by atoms with Gasteiger partial charge in [-0.1, -0.05) is 0 Å². The van der Waals surface area contributed by atoms with Crippen LogP contribution >= 0.6 is 0 Å². The third-order valence-electron chi connectivity index (χ3n) is 5.03. The van der Waals surface area contributed by atoms with E-state index in [-0.39, 0.29) is 29.7 Å². The third kappa shape index (κ3) is 3.87. The van der Waals surface area contributed by atoms with Crippen LogP contribution in [0.4, 0.5) is 14.5 Å². The Bertz CT molecular complexity index is 1100. The fraction of sp³-hybridized carbons (Fsp3) is 0.333. The van der Waals surface area contributed by atoms with E-state index in [0.29, 0.717) is 33.7 Å². The summed E-state index contributed by atoms with van der Waals surface area (Å²) in [5, 5.41) is 7.33. The second-order valence-corrected chi connectivity index (χ2v) is 7.33. The molecule has 0 spiro atoms. The van der Waals surface area contributed by atoms with Crippen LogP contribution in [0.3, 0.4) is 0 Å². The van der Waals surface area contributed by atoms with Gasteiger partial charge in [0, 0.05) is 28.4 Å². The number of amides is 1. The third-order valence-corrected chi connectivity index (χ3v) is 5.03. The number of ketones is 1. The van der Waals surface area contributed by atoms with E-state index >= 15 is 0 Å². The van der Waals surface area contributed by atoms with Gasteiger partial charge in [-0.3, -0.25) is 9.59 Å². The number of nitrogens with zero attached hydrogens (tertiary/aromatic N) is 3. The van der Waals surface area contributed by atoms with Crippen LogP contribution in [0, 0.1) is 6.92 Å². The molecule has 2 aromatic heterocycles. The molecule has 0 saturated heterocycles. The first-order valence-electron chi connectivity index (χ1n) is 9.40. The molecule has 2 heterocycles. The molecule has 0 atom stereocenters. The quantitative estimate of drug-likeness (QED) is 0.625. The van der Waals surface area contributed by atoms with Gasteiger partial charge in [0.25, 0.3) is 6.43 Å². The fourth-order valence-corrected chi connectivity index (χ4v) is 3.40. The zero-order valence-corrected chi connectivity index (χ0v) is 16.1. The largest absolute Gasteiger partial charge is 0.324 e. The average molecular weight is 398 g/mol. The van der Waals surface area contributed by atoms with Gasteiger partial charge in [-0.15, -0.1) is 0 Å². The lowest BCUT2D eigenvalue weighted by Gasteiger charge is -2.09. The number of hydrogen-bond acceptors (Lipinski definition) is 4. The molecule has 1 saturated carbocycles. The Balaban J connectivity index is 1.61. The van der Waals surface area contributed by atoms with E-state index in [2.05, 4.69) is 15.4 Å². The number of alkyl halides is 2. The molecular formula is C21H20F2N4O2. The van der Waals surface area contributed by atoms with Crippen molar-refractivity contribution in [3.05, 3.63) is 52.8 Å². The van der Waals surface area contributed by atoms with Crippen molar-refractivity contribution in [2.75, 3.05) is 5.32 Å². The Labute approximate surface area is 165 Å². The van der Waals surface area contributed by atoms with E-state index in [1.54, 1.807) is 31.2 Å². The molecule has 8 heteroatoms. The highest BCUT2D eigenvalue weighted by atomic mass is 19.3. The summed E-state index contributed by atoms with van der Waals surface area (Å²) < 4.78 is 28.6. The lowest BCUT2D eigenvalue weighted by atomic mass is 10.1. The summed E-state index contributed by atoms with van der Waals surface area (Å²) in [6, 6.07) is 8.01. The van der Waals surface area contributed by atoms with E-state index in [1.807, 2.05) is 0 Å². The number of hydrogen-bond donors (Lipinski definition) is 1. The second-order valence-electron chi connectivity index (χ2n) is 7.33. The van der Waals surface area contributed by atoms with E-state index in [9.17, 15) is 18.4 Å². The first-order valence-corrected chi connectivity index (χ1v) is 9.40. The summed E-state index contributed by atoms with van der Waals surface area (Å²) in [5.74, 6) is -0.217. The number of benzene rings is 1. The molecule has 3 aromatic rings. The predicted octanol–water partition coefficient (Wildman–Crippen LogP) is 4.40. The van der Waals surface area contributed by atoms with Crippen LogP contribution in [-0.4, -0.2) is 26.5 Å². The molecule has 0 unspecified atom stereocenters. The Morgan fingerprint density at radius 2 is 1.93 bits per heavy atom. The Hall–Kier alpha value is -3.16. The fourth-order valence-electron chi connectivity index (χ4n) is 3.40. The summed E-state index contributed by atoms with van der Waals surface area (Å²) in [4.78, 5) is 28.4. The van der Waals surface area contributed by atoms with Crippen LogP contribution in [0.15, 0.2) is 30.3 Å². The molecule has 6 nitrogen and oxygen atoms in total. The number of rotatable bonds is 6. The van der Waals surface area contributed by atoms with E-state index < -0.39 is 6.43 Å². The zero-order chi connectivity index (χ0) is 20.7. The highest BCUT2D eigenvalue weighted by Crippen LogP contribution is 2.41. The standard InChI is InChI=1S/C21H20F2N4O2/c1-11-19-16(20(22)23)9-17(14-3-4-14)25-21(19)27(26-11)10-18(29)24-15-7-5-13(6-8-15)12(2)28/h5-9,14,20H,3-4,10H2,1-2H3,(H,24,29). The van der Waals surface area contributed by atoms with E-state index in [4.69, 9.17) is 0 Å². The second kappa shape index (κ2) is 7.35. The zero-order valence-electron chi connectivity index (χ0n) is 16.1. The van der Waals surface area contributed by atoms with Crippen LogP contribution in [0.25, 0.3) is 11.0 Å². The van der Waals surface area contributed by atoms with Crippen molar-refractivity contribution in [2.24, 2.45) is 0 Å². The van der Waals surface area contributed by atoms with Gasteiger partial charge in [0.2, 0.25) is 5.91 Å². The normalized spacial score (nSPS) is 13.8. The van der Waals surface area contributed by atoms with Gasteiger partial charge >= 0.3 is 0 Å². The monoisotopic (exact) mass is 398 g/mol. The maximum Gasteiger partial charge on any atom is 0.264 e. The van der Waals surface area contributed by atoms with Gasteiger partial charge in [0.05, 0.1) is 11.1 Å². The van der Waals surface area contributed by atoms with E-state index in [1.165, 1.54) is 17.7 Å². The number of carbonyl (C=O) groups is 2. The molecule has 1 aliphatic rings. The molecule has 150 valence electrons. The number of aromatic nitrogens is 3. The lowest BCUT2D eigenvalue weighted by Crippen LogP contribution is -2.20. The topological polar surface area (TPSA) is 76.9 Å². The number of anilines is 1. The van der Waals surface area contributed by atoms with E-state index in [0.717, 1.165) is 12.8 Å². The van der Waals surface area contributed by atoms with Gasteiger partial charge in [0.1, 0.15) is 6.54 Å². The summed E-state index contributed by atoms with van der Waals surface area (Å²) in [7, 11) is 0. The number of aryl methyl sites for hydroxylation is 1. The van der Waals surface area contributed by atoms with Crippen LogP contribution in [0.5, 0.6) is 0 Å². The van der Waals surface area contributed by atoms with Gasteiger partial charge < -0.3 is 5.32 Å². The molecule has 4 rings (SSSR count). The van der Waals surface area contributed by atoms with Gasteiger partial charge in [-0.2, -0.15) is 5.10 Å². The molecule has 1 fully saturated rings. The molecule has 1 amide bonds. The lowest BCUT2D eigenvalue weighted by molar-refractivity contribution is -0.116. The number of pyridine rings is 1. The molecule has 0 radical (unpaired) electrons. The SMILES string of the molecule is CC(=O)c1ccc(NC(=O)Cn2nc(C)c3c(C(F)F)cc(C4CC4)nc32)cc1. The molecular weight excluding hydrogens is 378 g/mol. The highest BCUT2D eigenvalue weighted by molar-refractivity contribution is 5.96. The molecule has 0 bridgehead atoms. The van der Waals surface area contributed by atoms with Gasteiger partial charge in [-0.25, -0.2) is 18.4 Å². The Morgan fingerprint density at radius 3 is 2.52 bits per heavy atom. The summed E-state index contributed by atoms with van der Waals surface area (Å²) in [6.45, 7) is 2.96. The van der Waals surface area contributed by atoms with Crippen molar-refractivity contribution in [3.63, 3.8) is 0 Å². The van der Waals surface area contributed by atoms with Crippen molar-refractivity contribution >= 4 is 28.4 Å². The maximum absolute atomic E-state index is 13.6. The molecule has 0 aliphatic heterocycles. The van der Waals surface area contributed by atoms with Gasteiger partial charge in [-0.05, 0) is 57.0 Å². The Kier molecular flexibility index (Phi) is 4.86. The smallest absolute Gasteiger partial charge is 0.264 e. The number of Topliss-reactive ketones (excluding diaryl/α,β-unsaturated/α-hetero) is 1. The van der Waals surface area contributed by atoms with Crippen molar-refractivity contribution < 1.29 is 18.4 Å². The van der Waals surface area contributed by atoms with Crippen LogP contribution in [0.2, 0.25) is 0 Å². The van der Waals surface area contributed by atoms with Crippen LogP contribution in [-0.2, 0) is 11.3 Å². The van der Waals surface area contributed by atoms with Crippen molar-refractivity contribution in [3.8, 4) is 0 Å². The molecule has 1 aromatic carbocycles. The van der Waals surface area contributed by atoms with Crippen molar-refractivity contribution in [1.82, 2.24) is 14.8 Å². The minimum Gasteiger partial charge on any atom is -0.324 e. The summed E-state index contributed by atoms with van der Waals surface area (Å²) in [6.07, 6.45) is -0.765. The number of nitrogens with one attached hydrogen (secondary N) is 1. The first-order chi connectivity index (χ1) is 13.8. The number of fused-ring (bicyclic) bond motifs is 1.